The van der Waals surface area contributed by atoms with E-state index in [1.54, 1.807) is 0 Å². The largest absolute Gasteiger partial charge is 0.346 e. The van der Waals surface area contributed by atoms with Crippen molar-refractivity contribution in [3.05, 3.63) is 17.2 Å². The Hall–Kier alpha value is -0.870. The van der Waals surface area contributed by atoms with E-state index >= 15 is 0 Å². The first-order chi connectivity index (χ1) is 8.74. The van der Waals surface area contributed by atoms with Gasteiger partial charge in [0, 0.05) is 24.7 Å². The molecule has 0 aromatic carbocycles. The van der Waals surface area contributed by atoms with Gasteiger partial charge in [0.25, 0.3) is 0 Å². The molecule has 1 aliphatic rings. The minimum atomic E-state index is 0.614. The lowest BCUT2D eigenvalue weighted by Crippen LogP contribution is -2.36. The van der Waals surface area contributed by atoms with Crippen LogP contribution in [0.3, 0.4) is 0 Å². The van der Waals surface area contributed by atoms with E-state index in [1.807, 2.05) is 0 Å². The van der Waals surface area contributed by atoms with Crippen LogP contribution in [-0.4, -0.2) is 41.0 Å². The molecule has 2 heterocycles. The monoisotopic (exact) mass is 250 g/mol. The Balaban J connectivity index is 1.94. The molecule has 0 atom stereocenters. The van der Waals surface area contributed by atoms with Crippen molar-refractivity contribution in [2.75, 3.05) is 26.2 Å². The number of rotatable bonds is 5. The van der Waals surface area contributed by atoms with Crippen LogP contribution in [0.2, 0.25) is 0 Å². The SMILES string of the molecule is CCCc1nc(C2CCN(CCN)CC2)[nH]c1C. The first-order valence-corrected chi connectivity index (χ1v) is 7.22. The molecule has 18 heavy (non-hydrogen) atoms. The van der Waals surface area contributed by atoms with Crippen LogP contribution in [-0.2, 0) is 6.42 Å². The number of nitrogens with two attached hydrogens (primary N) is 1. The molecule has 0 radical (unpaired) electrons. The molecule has 0 unspecified atom stereocenters. The third kappa shape index (κ3) is 3.12. The number of nitrogens with one attached hydrogen (secondary N) is 1. The van der Waals surface area contributed by atoms with E-state index in [-0.39, 0.29) is 0 Å². The Bertz CT molecular complexity index is 364. The second-order valence-electron chi connectivity index (χ2n) is 5.35. The fraction of sp³-hybridized carbons (Fsp3) is 0.786. The fourth-order valence-corrected chi connectivity index (χ4v) is 2.81. The van der Waals surface area contributed by atoms with Gasteiger partial charge in [-0.05, 0) is 39.3 Å². The highest BCUT2D eigenvalue weighted by atomic mass is 15.1. The molecule has 0 spiro atoms. The molecule has 4 nitrogen and oxygen atoms in total. The number of likely N-dealkylation sites (tertiary alicyclic amines) is 1. The summed E-state index contributed by atoms with van der Waals surface area (Å²) in [5.74, 6) is 1.83. The maximum absolute atomic E-state index is 5.60. The van der Waals surface area contributed by atoms with E-state index < -0.39 is 0 Å². The Morgan fingerprint density at radius 1 is 1.39 bits per heavy atom. The van der Waals surface area contributed by atoms with E-state index in [9.17, 15) is 0 Å². The van der Waals surface area contributed by atoms with Crippen molar-refractivity contribution in [3.8, 4) is 0 Å². The summed E-state index contributed by atoms with van der Waals surface area (Å²) in [4.78, 5) is 10.7. The zero-order valence-electron chi connectivity index (χ0n) is 11.7. The Morgan fingerprint density at radius 2 is 2.11 bits per heavy atom. The first-order valence-electron chi connectivity index (χ1n) is 7.22. The molecule has 0 aliphatic carbocycles. The second-order valence-corrected chi connectivity index (χ2v) is 5.35. The van der Waals surface area contributed by atoms with E-state index in [1.165, 1.54) is 36.5 Å². The summed E-state index contributed by atoms with van der Waals surface area (Å²) >= 11 is 0. The minimum absolute atomic E-state index is 0.614. The molecule has 1 saturated heterocycles. The van der Waals surface area contributed by atoms with Gasteiger partial charge in [0.2, 0.25) is 0 Å². The average Bonchev–Trinajstić information content (AvgIpc) is 2.73. The van der Waals surface area contributed by atoms with E-state index in [0.29, 0.717) is 5.92 Å². The average molecular weight is 250 g/mol. The first kappa shape index (κ1) is 13.6. The fourth-order valence-electron chi connectivity index (χ4n) is 2.81. The van der Waals surface area contributed by atoms with Gasteiger partial charge in [-0.1, -0.05) is 13.3 Å². The highest BCUT2D eigenvalue weighted by Gasteiger charge is 2.22. The zero-order chi connectivity index (χ0) is 13.0. The van der Waals surface area contributed by atoms with Crippen molar-refractivity contribution in [1.82, 2.24) is 14.9 Å². The Morgan fingerprint density at radius 3 is 2.72 bits per heavy atom. The predicted molar refractivity (Wildman–Crippen MR) is 74.8 cm³/mol. The van der Waals surface area contributed by atoms with Crippen LogP contribution in [0.25, 0.3) is 0 Å². The molecule has 1 aromatic heterocycles. The smallest absolute Gasteiger partial charge is 0.109 e. The summed E-state index contributed by atoms with van der Waals surface area (Å²) < 4.78 is 0. The number of aryl methyl sites for hydroxylation is 2. The van der Waals surface area contributed by atoms with Crippen LogP contribution in [0.15, 0.2) is 0 Å². The summed E-state index contributed by atoms with van der Waals surface area (Å²) in [6.07, 6.45) is 4.67. The molecule has 0 amide bonds. The van der Waals surface area contributed by atoms with Crippen LogP contribution in [0.1, 0.15) is 49.3 Å². The summed E-state index contributed by atoms with van der Waals surface area (Å²) in [5, 5.41) is 0. The molecule has 1 aliphatic heterocycles. The molecule has 0 bridgehead atoms. The summed E-state index contributed by atoms with van der Waals surface area (Å²) in [6.45, 7) is 8.47. The van der Waals surface area contributed by atoms with E-state index in [2.05, 4.69) is 23.7 Å². The third-order valence-electron chi connectivity index (χ3n) is 3.91. The van der Waals surface area contributed by atoms with Crippen molar-refractivity contribution in [2.45, 2.75) is 45.4 Å². The third-order valence-corrected chi connectivity index (χ3v) is 3.91. The molecular weight excluding hydrogens is 224 g/mol. The van der Waals surface area contributed by atoms with Gasteiger partial charge in [0.05, 0.1) is 5.69 Å². The second kappa shape index (κ2) is 6.34. The number of nitrogens with zero attached hydrogens (tertiary/aromatic N) is 2. The number of aromatic amines is 1. The van der Waals surface area contributed by atoms with Crippen LogP contribution in [0.5, 0.6) is 0 Å². The topological polar surface area (TPSA) is 57.9 Å². The normalized spacial score (nSPS) is 18.4. The summed E-state index contributed by atoms with van der Waals surface area (Å²) in [5.41, 5.74) is 8.12. The molecule has 102 valence electrons. The van der Waals surface area contributed by atoms with Gasteiger partial charge in [-0.3, -0.25) is 0 Å². The lowest BCUT2D eigenvalue weighted by Gasteiger charge is -2.30. The number of imidazole rings is 1. The molecule has 1 aromatic rings. The maximum Gasteiger partial charge on any atom is 0.109 e. The highest BCUT2D eigenvalue weighted by molar-refractivity contribution is 5.16. The lowest BCUT2D eigenvalue weighted by atomic mass is 9.96. The Labute approximate surface area is 110 Å². The van der Waals surface area contributed by atoms with Crippen molar-refractivity contribution in [2.24, 2.45) is 5.73 Å². The van der Waals surface area contributed by atoms with E-state index in [4.69, 9.17) is 10.7 Å². The van der Waals surface area contributed by atoms with Crippen LogP contribution >= 0.6 is 0 Å². The molecule has 3 N–H and O–H groups in total. The molecular formula is C14H26N4. The van der Waals surface area contributed by atoms with Crippen LogP contribution in [0, 0.1) is 6.92 Å². The van der Waals surface area contributed by atoms with Gasteiger partial charge in [-0.2, -0.15) is 0 Å². The van der Waals surface area contributed by atoms with Gasteiger partial charge >= 0.3 is 0 Å². The van der Waals surface area contributed by atoms with Gasteiger partial charge in [0.1, 0.15) is 5.82 Å². The van der Waals surface area contributed by atoms with Crippen molar-refractivity contribution in [1.29, 1.82) is 0 Å². The van der Waals surface area contributed by atoms with Gasteiger partial charge in [-0.15, -0.1) is 0 Å². The number of piperidine rings is 1. The summed E-state index contributed by atoms with van der Waals surface area (Å²) in [6, 6.07) is 0. The Kier molecular flexibility index (Phi) is 4.78. The zero-order valence-corrected chi connectivity index (χ0v) is 11.7. The molecule has 2 rings (SSSR count). The number of hydrogen-bond acceptors (Lipinski definition) is 3. The highest BCUT2D eigenvalue weighted by Crippen LogP contribution is 2.26. The number of hydrogen-bond donors (Lipinski definition) is 2. The van der Waals surface area contributed by atoms with Gasteiger partial charge in [0.15, 0.2) is 0 Å². The number of aromatic nitrogens is 2. The van der Waals surface area contributed by atoms with Gasteiger partial charge < -0.3 is 15.6 Å². The van der Waals surface area contributed by atoms with Crippen molar-refractivity contribution < 1.29 is 0 Å². The van der Waals surface area contributed by atoms with Crippen LogP contribution < -0.4 is 5.73 Å². The lowest BCUT2D eigenvalue weighted by molar-refractivity contribution is 0.215. The summed E-state index contributed by atoms with van der Waals surface area (Å²) in [7, 11) is 0. The maximum atomic E-state index is 5.60. The quantitative estimate of drug-likeness (QED) is 0.838. The van der Waals surface area contributed by atoms with Crippen molar-refractivity contribution >= 4 is 0 Å². The van der Waals surface area contributed by atoms with Crippen LogP contribution in [0.4, 0.5) is 0 Å². The molecule has 4 heteroatoms. The standard InChI is InChI=1S/C14H26N4/c1-3-4-13-11(2)16-14(17-13)12-5-8-18(9-6-12)10-7-15/h12H,3-10,15H2,1-2H3,(H,16,17). The molecule has 1 fully saturated rings. The predicted octanol–water partition coefficient (Wildman–Crippen LogP) is 1.81. The minimum Gasteiger partial charge on any atom is -0.346 e. The number of H-pyrrole nitrogens is 1. The van der Waals surface area contributed by atoms with Crippen molar-refractivity contribution in [3.63, 3.8) is 0 Å². The van der Waals surface area contributed by atoms with E-state index in [0.717, 1.165) is 32.6 Å². The molecule has 0 saturated carbocycles. The van der Waals surface area contributed by atoms with Gasteiger partial charge in [-0.25, -0.2) is 4.98 Å².